The smallest absolute Gasteiger partial charge is 0.0949 e. The van der Waals surface area contributed by atoms with Crippen LogP contribution in [0.4, 0.5) is 0 Å². The summed E-state index contributed by atoms with van der Waals surface area (Å²) >= 11 is 0. The Kier molecular flexibility index (Phi) is 5.46. The summed E-state index contributed by atoms with van der Waals surface area (Å²) < 4.78 is 7.57. The number of hydrogen-bond donors (Lipinski definition) is 1. The Labute approximate surface area is 132 Å². The van der Waals surface area contributed by atoms with E-state index in [2.05, 4.69) is 32.5 Å². The molecule has 124 valence electrons. The molecule has 1 aromatic rings. The lowest BCUT2D eigenvalue weighted by Gasteiger charge is -2.39. The number of ether oxygens (including phenoxy) is 1. The number of aromatic nitrogens is 2. The van der Waals surface area contributed by atoms with E-state index in [0.29, 0.717) is 12.0 Å². The number of piperidine rings is 1. The van der Waals surface area contributed by atoms with Crippen molar-refractivity contribution in [3.05, 3.63) is 18.7 Å². The number of imidazole rings is 1. The van der Waals surface area contributed by atoms with E-state index in [0.717, 1.165) is 52.5 Å². The fourth-order valence-corrected chi connectivity index (χ4v) is 3.57. The molecule has 6 heteroatoms. The van der Waals surface area contributed by atoms with Gasteiger partial charge in [-0.25, -0.2) is 4.98 Å². The summed E-state index contributed by atoms with van der Waals surface area (Å²) in [6, 6.07) is 0.465. The van der Waals surface area contributed by atoms with Crippen molar-refractivity contribution in [1.82, 2.24) is 19.4 Å². The lowest BCUT2D eigenvalue weighted by atomic mass is 9.93. The predicted octanol–water partition coefficient (Wildman–Crippen LogP) is 0.459. The summed E-state index contributed by atoms with van der Waals surface area (Å²) in [6.45, 7) is 9.35. The first kappa shape index (κ1) is 15.9. The second-order valence-electron chi connectivity index (χ2n) is 6.67. The number of β-amino-alcohol motifs (C(OH)–C–C–N with tert-alkyl or cyclic N) is 1. The molecule has 0 radical (unpaired) electrons. The number of aliphatic hydroxyl groups excluding tert-OH is 1. The molecule has 3 unspecified atom stereocenters. The van der Waals surface area contributed by atoms with Gasteiger partial charge in [-0.2, -0.15) is 0 Å². The van der Waals surface area contributed by atoms with E-state index in [1.807, 2.05) is 12.5 Å². The second-order valence-corrected chi connectivity index (χ2v) is 6.67. The molecule has 0 bridgehead atoms. The van der Waals surface area contributed by atoms with Crippen LogP contribution >= 0.6 is 0 Å². The summed E-state index contributed by atoms with van der Waals surface area (Å²) in [5, 5.41) is 10.4. The van der Waals surface area contributed by atoms with Crippen LogP contribution in [0.3, 0.4) is 0 Å². The van der Waals surface area contributed by atoms with Crippen molar-refractivity contribution in [2.45, 2.75) is 25.5 Å². The molecular formula is C16H28N4O2. The highest BCUT2D eigenvalue weighted by atomic mass is 16.5. The van der Waals surface area contributed by atoms with Gasteiger partial charge in [0.2, 0.25) is 0 Å². The lowest BCUT2D eigenvalue weighted by Crippen LogP contribution is -2.48. The van der Waals surface area contributed by atoms with Crippen LogP contribution in [0, 0.1) is 5.92 Å². The fourth-order valence-electron chi connectivity index (χ4n) is 3.57. The number of morpholine rings is 1. The summed E-state index contributed by atoms with van der Waals surface area (Å²) in [4.78, 5) is 8.87. The number of aliphatic hydroxyl groups is 1. The first-order chi connectivity index (χ1) is 10.7. The van der Waals surface area contributed by atoms with Gasteiger partial charge in [-0.1, -0.05) is 6.92 Å². The highest BCUT2D eigenvalue weighted by Crippen LogP contribution is 2.27. The van der Waals surface area contributed by atoms with Gasteiger partial charge in [-0.15, -0.1) is 0 Å². The maximum absolute atomic E-state index is 10.4. The van der Waals surface area contributed by atoms with Crippen LogP contribution in [-0.2, 0) is 4.74 Å². The van der Waals surface area contributed by atoms with Crippen molar-refractivity contribution >= 4 is 0 Å². The standard InChI is InChI=1S/C16H28N4O2/c1-14-2-4-19(12-16(14)20-5-3-17-13-20)11-15(21)10-18-6-8-22-9-7-18/h3,5,13-16,21H,2,4,6-12H2,1H3. The van der Waals surface area contributed by atoms with Crippen molar-refractivity contribution in [3.63, 3.8) is 0 Å². The Balaban J connectivity index is 1.49. The van der Waals surface area contributed by atoms with E-state index in [4.69, 9.17) is 4.74 Å². The third-order valence-electron chi connectivity index (χ3n) is 4.95. The maximum atomic E-state index is 10.4. The molecule has 0 aliphatic carbocycles. The van der Waals surface area contributed by atoms with Gasteiger partial charge >= 0.3 is 0 Å². The Morgan fingerprint density at radius 1 is 1.23 bits per heavy atom. The van der Waals surface area contributed by atoms with Crippen LogP contribution in [0.15, 0.2) is 18.7 Å². The van der Waals surface area contributed by atoms with Gasteiger partial charge in [0.1, 0.15) is 0 Å². The number of nitrogens with zero attached hydrogens (tertiary/aromatic N) is 4. The number of hydrogen-bond acceptors (Lipinski definition) is 5. The van der Waals surface area contributed by atoms with E-state index in [1.54, 1.807) is 0 Å². The van der Waals surface area contributed by atoms with Crippen molar-refractivity contribution in [1.29, 1.82) is 0 Å². The zero-order chi connectivity index (χ0) is 15.4. The zero-order valence-corrected chi connectivity index (χ0v) is 13.5. The molecule has 1 N–H and O–H groups in total. The Bertz CT molecular complexity index is 433. The van der Waals surface area contributed by atoms with E-state index in [9.17, 15) is 5.11 Å². The average molecular weight is 308 g/mol. The van der Waals surface area contributed by atoms with Crippen molar-refractivity contribution in [2.75, 3.05) is 52.5 Å². The molecule has 0 aromatic carbocycles. The molecular weight excluding hydrogens is 280 g/mol. The van der Waals surface area contributed by atoms with Gasteiger partial charge in [0.25, 0.3) is 0 Å². The molecule has 2 saturated heterocycles. The van der Waals surface area contributed by atoms with Crippen LogP contribution in [0.1, 0.15) is 19.4 Å². The quantitative estimate of drug-likeness (QED) is 0.856. The van der Waals surface area contributed by atoms with Gasteiger partial charge in [-0.05, 0) is 18.9 Å². The minimum absolute atomic E-state index is 0.282. The van der Waals surface area contributed by atoms with Gasteiger partial charge in [0.05, 0.1) is 25.6 Å². The second kappa shape index (κ2) is 7.55. The highest BCUT2D eigenvalue weighted by Gasteiger charge is 2.28. The van der Waals surface area contributed by atoms with E-state index in [-0.39, 0.29) is 6.10 Å². The third-order valence-corrected chi connectivity index (χ3v) is 4.95. The molecule has 3 heterocycles. The largest absolute Gasteiger partial charge is 0.390 e. The minimum Gasteiger partial charge on any atom is -0.390 e. The number of likely N-dealkylation sites (tertiary alicyclic amines) is 1. The summed E-state index contributed by atoms with van der Waals surface area (Å²) in [6.07, 6.45) is 6.70. The molecule has 3 atom stereocenters. The number of rotatable bonds is 5. The molecule has 6 nitrogen and oxygen atoms in total. The molecule has 22 heavy (non-hydrogen) atoms. The topological polar surface area (TPSA) is 53.8 Å². The molecule has 2 aliphatic rings. The third kappa shape index (κ3) is 4.07. The summed E-state index contributed by atoms with van der Waals surface area (Å²) in [5.41, 5.74) is 0. The molecule has 2 fully saturated rings. The summed E-state index contributed by atoms with van der Waals surface area (Å²) in [5.74, 6) is 0.654. The van der Waals surface area contributed by atoms with E-state index in [1.165, 1.54) is 6.42 Å². The SMILES string of the molecule is CC1CCN(CC(O)CN2CCOCC2)CC1n1ccnc1. The normalized spacial score (nSPS) is 29.5. The highest BCUT2D eigenvalue weighted by molar-refractivity contribution is 4.88. The van der Waals surface area contributed by atoms with Crippen molar-refractivity contribution < 1.29 is 9.84 Å². The average Bonchev–Trinajstić information content (AvgIpc) is 3.04. The monoisotopic (exact) mass is 308 g/mol. The molecule has 2 aliphatic heterocycles. The molecule has 0 spiro atoms. The Morgan fingerprint density at radius 3 is 2.73 bits per heavy atom. The van der Waals surface area contributed by atoms with Crippen LogP contribution in [0.2, 0.25) is 0 Å². The first-order valence-corrected chi connectivity index (χ1v) is 8.40. The van der Waals surface area contributed by atoms with Gasteiger partial charge < -0.3 is 14.4 Å². The van der Waals surface area contributed by atoms with Crippen LogP contribution in [0.5, 0.6) is 0 Å². The van der Waals surface area contributed by atoms with Crippen LogP contribution < -0.4 is 0 Å². The van der Waals surface area contributed by atoms with Crippen molar-refractivity contribution in [2.24, 2.45) is 5.92 Å². The summed E-state index contributed by atoms with van der Waals surface area (Å²) in [7, 11) is 0. The Hall–Kier alpha value is -0.950. The van der Waals surface area contributed by atoms with E-state index < -0.39 is 0 Å². The van der Waals surface area contributed by atoms with Gasteiger partial charge in [-0.3, -0.25) is 9.80 Å². The minimum atomic E-state index is -0.282. The molecule has 0 amide bonds. The molecule has 3 rings (SSSR count). The fraction of sp³-hybridized carbons (Fsp3) is 0.812. The first-order valence-electron chi connectivity index (χ1n) is 8.40. The zero-order valence-electron chi connectivity index (χ0n) is 13.5. The van der Waals surface area contributed by atoms with Crippen LogP contribution in [-0.4, -0.2) is 83.0 Å². The lowest BCUT2D eigenvalue weighted by molar-refractivity contribution is 0.00136. The molecule has 0 saturated carbocycles. The van der Waals surface area contributed by atoms with Crippen LogP contribution in [0.25, 0.3) is 0 Å². The van der Waals surface area contributed by atoms with E-state index >= 15 is 0 Å². The van der Waals surface area contributed by atoms with Gasteiger partial charge in [0, 0.05) is 51.2 Å². The van der Waals surface area contributed by atoms with Gasteiger partial charge in [0.15, 0.2) is 0 Å². The maximum Gasteiger partial charge on any atom is 0.0949 e. The predicted molar refractivity (Wildman–Crippen MR) is 84.8 cm³/mol. The van der Waals surface area contributed by atoms with Crippen molar-refractivity contribution in [3.8, 4) is 0 Å². The molecule has 1 aromatic heterocycles. The Morgan fingerprint density at radius 2 is 2.00 bits per heavy atom.